The topological polar surface area (TPSA) is 42.8 Å². The number of rotatable bonds is 3. The van der Waals surface area contributed by atoms with Gasteiger partial charge in [0.15, 0.2) is 10.6 Å². The molecule has 0 radical (unpaired) electrons. The van der Waals surface area contributed by atoms with Gasteiger partial charge >= 0.3 is 0 Å². The van der Waals surface area contributed by atoms with Gasteiger partial charge in [-0.05, 0) is 61.1 Å². The molecule has 0 amide bonds. The highest BCUT2D eigenvalue weighted by atomic mass is 35.5. The van der Waals surface area contributed by atoms with Crippen molar-refractivity contribution in [1.29, 1.82) is 0 Å². The summed E-state index contributed by atoms with van der Waals surface area (Å²) in [7, 11) is 1.64. The second-order valence-corrected chi connectivity index (χ2v) is 5.69. The van der Waals surface area contributed by atoms with Crippen LogP contribution in [-0.4, -0.2) is 21.9 Å². The summed E-state index contributed by atoms with van der Waals surface area (Å²) < 4.78 is 7.83. The smallest absolute Gasteiger partial charge is 0.200 e. The van der Waals surface area contributed by atoms with E-state index < -0.39 is 0 Å². The Balaban J connectivity index is 2.24. The number of nitrogens with zero attached hydrogens (tertiary/aromatic N) is 2. The van der Waals surface area contributed by atoms with Gasteiger partial charge < -0.3 is 4.74 Å². The number of aryl methyl sites for hydroxylation is 1. The van der Waals surface area contributed by atoms with E-state index in [9.17, 15) is 0 Å². The first kappa shape index (κ1) is 14.8. The second kappa shape index (κ2) is 5.94. The number of methoxy groups -OCH3 is 1. The van der Waals surface area contributed by atoms with E-state index in [1.165, 1.54) is 0 Å². The fraction of sp³-hybridized carbons (Fsp3) is 0.125. The normalized spacial score (nSPS) is 10.7. The maximum Gasteiger partial charge on any atom is 0.200 e. The van der Waals surface area contributed by atoms with Crippen molar-refractivity contribution in [2.45, 2.75) is 6.92 Å². The van der Waals surface area contributed by atoms with Gasteiger partial charge in [0, 0.05) is 10.6 Å². The molecule has 3 rings (SSSR count). The predicted octanol–water partition coefficient (Wildman–Crippen LogP) is 4.57. The van der Waals surface area contributed by atoms with Crippen molar-refractivity contribution in [2.75, 3.05) is 7.11 Å². The average molecular weight is 332 g/mol. The Hall–Kier alpha value is -2.11. The molecule has 3 aromatic rings. The van der Waals surface area contributed by atoms with Crippen molar-refractivity contribution in [3.05, 3.63) is 57.8 Å². The first-order valence-corrected chi connectivity index (χ1v) is 7.47. The molecular formula is C16H14ClN3OS. The molecule has 112 valence electrons. The number of aromatic nitrogens is 3. The quantitative estimate of drug-likeness (QED) is 0.715. The minimum Gasteiger partial charge on any atom is -0.495 e. The van der Waals surface area contributed by atoms with Crippen LogP contribution >= 0.6 is 23.8 Å². The van der Waals surface area contributed by atoms with Gasteiger partial charge in [-0.1, -0.05) is 17.7 Å². The van der Waals surface area contributed by atoms with E-state index in [1.54, 1.807) is 7.11 Å². The summed E-state index contributed by atoms with van der Waals surface area (Å²) in [4.78, 5) is 0. The molecule has 22 heavy (non-hydrogen) atoms. The van der Waals surface area contributed by atoms with Crippen LogP contribution in [-0.2, 0) is 0 Å². The van der Waals surface area contributed by atoms with Crippen LogP contribution in [0.25, 0.3) is 17.1 Å². The summed E-state index contributed by atoms with van der Waals surface area (Å²) in [5.41, 5.74) is 2.88. The van der Waals surface area contributed by atoms with Crippen LogP contribution in [0.5, 0.6) is 5.75 Å². The molecule has 0 spiro atoms. The van der Waals surface area contributed by atoms with Crippen LogP contribution in [0.1, 0.15) is 5.56 Å². The highest BCUT2D eigenvalue weighted by Crippen LogP contribution is 2.29. The Labute approximate surface area is 138 Å². The van der Waals surface area contributed by atoms with Crippen LogP contribution in [0.15, 0.2) is 42.5 Å². The first-order chi connectivity index (χ1) is 10.6. The van der Waals surface area contributed by atoms with Gasteiger partial charge in [-0.25, -0.2) is 0 Å². The lowest BCUT2D eigenvalue weighted by molar-refractivity contribution is 0.412. The zero-order valence-corrected chi connectivity index (χ0v) is 13.7. The molecule has 0 aliphatic heterocycles. The van der Waals surface area contributed by atoms with E-state index in [4.69, 9.17) is 28.6 Å². The molecule has 0 aliphatic carbocycles. The third kappa shape index (κ3) is 2.65. The van der Waals surface area contributed by atoms with Crippen LogP contribution < -0.4 is 4.74 Å². The third-order valence-electron chi connectivity index (χ3n) is 3.35. The van der Waals surface area contributed by atoms with Crippen molar-refractivity contribution in [3.63, 3.8) is 0 Å². The lowest BCUT2D eigenvalue weighted by Crippen LogP contribution is -2.01. The molecule has 0 unspecified atom stereocenters. The van der Waals surface area contributed by atoms with Crippen LogP contribution in [0.2, 0.25) is 5.02 Å². The first-order valence-electron chi connectivity index (χ1n) is 6.68. The minimum absolute atomic E-state index is 0.508. The SMILES string of the molecule is COc1ccc(C)cc1-n1c(-c2ccc(Cl)cc2)n[nH]c1=S. The molecule has 2 aromatic carbocycles. The lowest BCUT2D eigenvalue weighted by Gasteiger charge is -2.12. The number of ether oxygens (including phenoxy) is 1. The number of nitrogens with one attached hydrogen (secondary N) is 1. The fourth-order valence-electron chi connectivity index (χ4n) is 2.29. The molecule has 1 aromatic heterocycles. The number of hydrogen-bond acceptors (Lipinski definition) is 3. The zero-order valence-electron chi connectivity index (χ0n) is 12.1. The fourth-order valence-corrected chi connectivity index (χ4v) is 2.64. The molecule has 0 aliphatic rings. The van der Waals surface area contributed by atoms with Crippen LogP contribution in [0.3, 0.4) is 0 Å². The van der Waals surface area contributed by atoms with Gasteiger partial charge in [0.1, 0.15) is 5.75 Å². The van der Waals surface area contributed by atoms with Crippen molar-refractivity contribution in [2.24, 2.45) is 0 Å². The number of aromatic amines is 1. The van der Waals surface area contributed by atoms with Gasteiger partial charge in [-0.3, -0.25) is 9.67 Å². The molecule has 0 saturated heterocycles. The van der Waals surface area contributed by atoms with Crippen LogP contribution in [0.4, 0.5) is 0 Å². The molecule has 0 fully saturated rings. The maximum atomic E-state index is 5.95. The zero-order chi connectivity index (χ0) is 15.7. The summed E-state index contributed by atoms with van der Waals surface area (Å²) in [5, 5.41) is 7.87. The Morgan fingerprint density at radius 3 is 2.59 bits per heavy atom. The van der Waals surface area contributed by atoms with E-state index in [1.807, 2.05) is 54.0 Å². The number of hydrogen-bond donors (Lipinski definition) is 1. The Bertz CT molecular complexity index is 868. The van der Waals surface area contributed by atoms with Crippen molar-refractivity contribution < 1.29 is 4.74 Å². The van der Waals surface area contributed by atoms with Gasteiger partial charge in [-0.15, -0.1) is 0 Å². The van der Waals surface area contributed by atoms with Gasteiger partial charge in [-0.2, -0.15) is 5.10 Å². The van der Waals surface area contributed by atoms with E-state index in [-0.39, 0.29) is 0 Å². The van der Waals surface area contributed by atoms with E-state index in [0.29, 0.717) is 15.6 Å². The van der Waals surface area contributed by atoms with Crippen molar-refractivity contribution in [1.82, 2.24) is 14.8 Å². The summed E-state index contributed by atoms with van der Waals surface area (Å²) in [6.45, 7) is 2.02. The van der Waals surface area contributed by atoms with Crippen molar-refractivity contribution >= 4 is 23.8 Å². The molecule has 0 saturated carbocycles. The highest BCUT2D eigenvalue weighted by molar-refractivity contribution is 7.71. The molecule has 1 heterocycles. The third-order valence-corrected chi connectivity index (χ3v) is 3.88. The van der Waals surface area contributed by atoms with E-state index in [2.05, 4.69) is 10.2 Å². The average Bonchev–Trinajstić information content (AvgIpc) is 2.89. The summed E-state index contributed by atoms with van der Waals surface area (Å²) in [5.74, 6) is 1.45. The standard InChI is InChI=1S/C16H14ClN3OS/c1-10-3-8-14(21-2)13(9-10)20-15(18-19-16(20)22)11-4-6-12(17)7-5-11/h3-9H,1-2H3,(H,19,22). The van der Waals surface area contributed by atoms with Gasteiger partial charge in [0.2, 0.25) is 0 Å². The summed E-state index contributed by atoms with van der Waals surface area (Å²) in [6, 6.07) is 13.4. The number of H-pyrrole nitrogens is 1. The van der Waals surface area contributed by atoms with Gasteiger partial charge in [0.25, 0.3) is 0 Å². The molecule has 1 N–H and O–H groups in total. The lowest BCUT2D eigenvalue weighted by atomic mass is 10.1. The molecule has 4 nitrogen and oxygen atoms in total. The monoisotopic (exact) mass is 331 g/mol. The Morgan fingerprint density at radius 2 is 1.91 bits per heavy atom. The van der Waals surface area contributed by atoms with E-state index >= 15 is 0 Å². The van der Waals surface area contributed by atoms with Crippen LogP contribution in [0, 0.1) is 11.7 Å². The predicted molar refractivity (Wildman–Crippen MR) is 90.5 cm³/mol. The number of benzene rings is 2. The maximum absolute atomic E-state index is 5.95. The van der Waals surface area contributed by atoms with Gasteiger partial charge in [0.05, 0.1) is 12.8 Å². The molecular weight excluding hydrogens is 318 g/mol. The van der Waals surface area contributed by atoms with Crippen molar-refractivity contribution in [3.8, 4) is 22.8 Å². The summed E-state index contributed by atoms with van der Waals surface area (Å²) in [6.07, 6.45) is 0. The molecule has 0 atom stereocenters. The highest BCUT2D eigenvalue weighted by Gasteiger charge is 2.14. The van der Waals surface area contributed by atoms with E-state index in [0.717, 1.165) is 22.6 Å². The Morgan fingerprint density at radius 1 is 1.18 bits per heavy atom. The largest absolute Gasteiger partial charge is 0.495 e. The Kier molecular flexibility index (Phi) is 4.00. The summed E-state index contributed by atoms with van der Waals surface area (Å²) >= 11 is 11.3. The second-order valence-electron chi connectivity index (χ2n) is 4.87. The molecule has 0 bridgehead atoms. The minimum atomic E-state index is 0.508. The molecule has 6 heteroatoms. The number of halogens is 1.